The minimum Gasteiger partial charge on any atom is -0.493 e. The molecule has 1 N–H and O–H groups in total. The number of methoxy groups -OCH3 is 2. The highest BCUT2D eigenvalue weighted by molar-refractivity contribution is 5.76. The predicted molar refractivity (Wildman–Crippen MR) is 95.6 cm³/mol. The summed E-state index contributed by atoms with van der Waals surface area (Å²) in [6, 6.07) is 9.92. The summed E-state index contributed by atoms with van der Waals surface area (Å²) in [5.74, 6) is 0.926. The number of hydrogen-bond donors (Lipinski definition) is 1. The Morgan fingerprint density at radius 1 is 1.16 bits per heavy atom. The van der Waals surface area contributed by atoms with Gasteiger partial charge in [0.15, 0.2) is 11.5 Å². The maximum absolute atomic E-state index is 13.2. The van der Waals surface area contributed by atoms with Crippen LogP contribution in [0.3, 0.4) is 0 Å². The first-order chi connectivity index (χ1) is 11.9. The molecule has 0 saturated heterocycles. The fraction of sp³-hybridized carbons (Fsp3) is 0.350. The van der Waals surface area contributed by atoms with Crippen LogP contribution in [-0.2, 0) is 11.2 Å². The van der Waals surface area contributed by atoms with Gasteiger partial charge in [-0.05, 0) is 61.2 Å². The molecule has 1 atom stereocenters. The molecule has 134 valence electrons. The van der Waals surface area contributed by atoms with Crippen LogP contribution >= 0.6 is 0 Å². The van der Waals surface area contributed by atoms with Gasteiger partial charge in [-0.25, -0.2) is 4.39 Å². The van der Waals surface area contributed by atoms with Crippen molar-refractivity contribution in [3.63, 3.8) is 0 Å². The number of carbonyl (C=O) groups is 1. The number of carbonyl (C=O) groups excluding carboxylic acids is 1. The Kier molecular flexibility index (Phi) is 6.39. The average Bonchev–Trinajstić information content (AvgIpc) is 2.59. The van der Waals surface area contributed by atoms with Crippen LogP contribution in [0.4, 0.5) is 4.39 Å². The van der Waals surface area contributed by atoms with Gasteiger partial charge in [-0.1, -0.05) is 12.1 Å². The van der Waals surface area contributed by atoms with Crippen LogP contribution in [0.2, 0.25) is 0 Å². The third-order valence-corrected chi connectivity index (χ3v) is 4.15. The molecule has 2 aromatic rings. The quantitative estimate of drug-likeness (QED) is 0.826. The van der Waals surface area contributed by atoms with Gasteiger partial charge in [-0.15, -0.1) is 0 Å². The maximum atomic E-state index is 13.2. The first-order valence-corrected chi connectivity index (χ1v) is 8.21. The summed E-state index contributed by atoms with van der Waals surface area (Å²) in [5.41, 5.74) is 2.79. The summed E-state index contributed by atoms with van der Waals surface area (Å²) in [6.45, 7) is 3.89. The van der Waals surface area contributed by atoms with E-state index in [0.717, 1.165) is 16.7 Å². The number of hydrogen-bond acceptors (Lipinski definition) is 3. The van der Waals surface area contributed by atoms with Gasteiger partial charge < -0.3 is 14.8 Å². The molecule has 0 aromatic heterocycles. The lowest BCUT2D eigenvalue weighted by atomic mass is 10.0. The Bertz CT molecular complexity index is 746. The first-order valence-electron chi connectivity index (χ1n) is 8.21. The predicted octanol–water partition coefficient (Wildman–Crippen LogP) is 3.96. The molecule has 0 aliphatic carbocycles. The summed E-state index contributed by atoms with van der Waals surface area (Å²) in [6.07, 6.45) is 0.807. The van der Waals surface area contributed by atoms with Crippen molar-refractivity contribution < 1.29 is 18.7 Å². The molecule has 1 amide bonds. The van der Waals surface area contributed by atoms with Gasteiger partial charge in [0.1, 0.15) is 5.82 Å². The van der Waals surface area contributed by atoms with E-state index in [1.54, 1.807) is 20.3 Å². The second-order valence-electron chi connectivity index (χ2n) is 5.98. The zero-order valence-corrected chi connectivity index (χ0v) is 15.1. The van der Waals surface area contributed by atoms with E-state index in [4.69, 9.17) is 9.47 Å². The standard InChI is InChI=1S/C20H24FNO3/c1-13-10-18(24-3)19(25-4)12-17(13)14(2)22-20(23)9-8-15-6-5-7-16(21)11-15/h5-7,10-12,14H,8-9H2,1-4H3,(H,22,23). The summed E-state index contributed by atoms with van der Waals surface area (Å²) in [4.78, 5) is 12.2. The Hall–Kier alpha value is -2.56. The lowest BCUT2D eigenvalue weighted by Gasteiger charge is -2.19. The highest BCUT2D eigenvalue weighted by Crippen LogP contribution is 2.32. The van der Waals surface area contributed by atoms with Crippen molar-refractivity contribution in [1.29, 1.82) is 0 Å². The van der Waals surface area contributed by atoms with Crippen molar-refractivity contribution in [2.24, 2.45) is 0 Å². The fourth-order valence-corrected chi connectivity index (χ4v) is 2.80. The lowest BCUT2D eigenvalue weighted by molar-refractivity contribution is -0.121. The molecule has 0 radical (unpaired) electrons. The fourth-order valence-electron chi connectivity index (χ4n) is 2.80. The molecule has 1 unspecified atom stereocenters. The molecule has 0 spiro atoms. The second-order valence-corrected chi connectivity index (χ2v) is 5.98. The van der Waals surface area contributed by atoms with Gasteiger partial charge >= 0.3 is 0 Å². The van der Waals surface area contributed by atoms with Crippen LogP contribution in [-0.4, -0.2) is 20.1 Å². The number of amides is 1. The van der Waals surface area contributed by atoms with E-state index < -0.39 is 0 Å². The van der Waals surface area contributed by atoms with Gasteiger partial charge in [0.25, 0.3) is 0 Å². The molecular formula is C20H24FNO3. The van der Waals surface area contributed by atoms with E-state index in [1.807, 2.05) is 32.0 Å². The Morgan fingerprint density at radius 2 is 1.84 bits per heavy atom. The van der Waals surface area contributed by atoms with Gasteiger partial charge in [-0.3, -0.25) is 4.79 Å². The number of rotatable bonds is 7. The largest absolute Gasteiger partial charge is 0.493 e. The van der Waals surface area contributed by atoms with Gasteiger partial charge in [-0.2, -0.15) is 0 Å². The molecule has 4 nitrogen and oxygen atoms in total. The smallest absolute Gasteiger partial charge is 0.220 e. The van der Waals surface area contributed by atoms with E-state index in [-0.39, 0.29) is 17.8 Å². The van der Waals surface area contributed by atoms with Crippen LogP contribution in [0.15, 0.2) is 36.4 Å². The Labute approximate surface area is 148 Å². The zero-order chi connectivity index (χ0) is 18.4. The molecule has 0 bridgehead atoms. The summed E-state index contributed by atoms with van der Waals surface area (Å²) < 4.78 is 23.8. The SMILES string of the molecule is COc1cc(C)c(C(C)NC(=O)CCc2cccc(F)c2)cc1OC. The van der Waals surface area contributed by atoms with E-state index in [9.17, 15) is 9.18 Å². The third-order valence-electron chi connectivity index (χ3n) is 4.15. The van der Waals surface area contributed by atoms with Crippen molar-refractivity contribution in [3.8, 4) is 11.5 Å². The summed E-state index contributed by atoms with van der Waals surface area (Å²) in [5, 5.41) is 2.98. The molecule has 2 aromatic carbocycles. The van der Waals surface area contributed by atoms with Crippen molar-refractivity contribution >= 4 is 5.91 Å². The summed E-state index contributed by atoms with van der Waals surface area (Å²) in [7, 11) is 3.17. The van der Waals surface area contributed by atoms with E-state index in [1.165, 1.54) is 12.1 Å². The van der Waals surface area contributed by atoms with Gasteiger partial charge in [0, 0.05) is 6.42 Å². The second kappa shape index (κ2) is 8.51. The highest BCUT2D eigenvalue weighted by Gasteiger charge is 2.15. The number of aryl methyl sites for hydroxylation is 2. The molecule has 2 rings (SSSR count). The molecule has 0 heterocycles. The van der Waals surface area contributed by atoms with Crippen molar-refractivity contribution in [1.82, 2.24) is 5.32 Å². The first kappa shape index (κ1) is 18.8. The molecule has 5 heteroatoms. The zero-order valence-electron chi connectivity index (χ0n) is 15.1. The average molecular weight is 345 g/mol. The van der Waals surface area contributed by atoms with Crippen LogP contribution < -0.4 is 14.8 Å². The van der Waals surface area contributed by atoms with E-state index >= 15 is 0 Å². The molecule has 0 aliphatic rings. The van der Waals surface area contributed by atoms with E-state index in [2.05, 4.69) is 5.32 Å². The van der Waals surface area contributed by atoms with Gasteiger partial charge in [0.2, 0.25) is 5.91 Å². The Balaban J connectivity index is 2.01. The lowest BCUT2D eigenvalue weighted by Crippen LogP contribution is -2.27. The van der Waals surface area contributed by atoms with Crippen LogP contribution in [0.1, 0.15) is 36.1 Å². The molecule has 0 saturated carbocycles. The maximum Gasteiger partial charge on any atom is 0.220 e. The minimum absolute atomic E-state index is 0.0778. The molecular weight excluding hydrogens is 321 g/mol. The van der Waals surface area contributed by atoms with Gasteiger partial charge in [0.05, 0.1) is 20.3 Å². The topological polar surface area (TPSA) is 47.6 Å². The van der Waals surface area contributed by atoms with Crippen LogP contribution in [0, 0.1) is 12.7 Å². The van der Waals surface area contributed by atoms with Crippen molar-refractivity contribution in [2.45, 2.75) is 32.7 Å². The minimum atomic E-state index is -0.285. The molecule has 25 heavy (non-hydrogen) atoms. The normalized spacial score (nSPS) is 11.7. The van der Waals surface area contributed by atoms with Crippen LogP contribution in [0.5, 0.6) is 11.5 Å². The molecule has 0 fully saturated rings. The van der Waals surface area contributed by atoms with E-state index in [0.29, 0.717) is 24.3 Å². The van der Waals surface area contributed by atoms with Crippen molar-refractivity contribution in [2.75, 3.05) is 14.2 Å². The summed E-state index contributed by atoms with van der Waals surface area (Å²) >= 11 is 0. The van der Waals surface area contributed by atoms with Crippen LogP contribution in [0.25, 0.3) is 0 Å². The monoisotopic (exact) mass is 345 g/mol. The number of benzene rings is 2. The highest BCUT2D eigenvalue weighted by atomic mass is 19.1. The Morgan fingerprint density at radius 3 is 2.48 bits per heavy atom. The van der Waals surface area contributed by atoms with Crippen molar-refractivity contribution in [3.05, 3.63) is 58.9 Å². The number of ether oxygens (including phenoxy) is 2. The third kappa shape index (κ3) is 4.95. The number of halogens is 1. The molecule has 0 aliphatic heterocycles. The number of nitrogens with one attached hydrogen (secondary N) is 1.